The van der Waals surface area contributed by atoms with Gasteiger partial charge in [0.25, 0.3) is 5.91 Å². The zero-order valence-corrected chi connectivity index (χ0v) is 12.6. The van der Waals surface area contributed by atoms with Gasteiger partial charge < -0.3 is 10.6 Å². The number of hydrogen-bond acceptors (Lipinski definition) is 3. The van der Waals surface area contributed by atoms with Crippen LogP contribution in [0.25, 0.3) is 0 Å². The number of nitrogens with one attached hydrogen (secondary N) is 2. The minimum atomic E-state index is 0.00261. The Labute approximate surface area is 121 Å². The van der Waals surface area contributed by atoms with Crippen molar-refractivity contribution < 1.29 is 4.79 Å². The molecule has 112 valence electrons. The summed E-state index contributed by atoms with van der Waals surface area (Å²) < 4.78 is 1.79. The molecular formula is C15H26N4O. The van der Waals surface area contributed by atoms with Crippen molar-refractivity contribution in [2.45, 2.75) is 46.1 Å². The third-order valence-corrected chi connectivity index (χ3v) is 3.96. The topological polar surface area (TPSA) is 59.0 Å². The summed E-state index contributed by atoms with van der Waals surface area (Å²) in [4.78, 5) is 12.2. The molecule has 2 N–H and O–H groups in total. The smallest absolute Gasteiger partial charge is 0.269 e. The first-order valence-electron chi connectivity index (χ1n) is 7.80. The molecule has 1 amide bonds. The molecule has 0 saturated carbocycles. The third-order valence-electron chi connectivity index (χ3n) is 3.96. The summed E-state index contributed by atoms with van der Waals surface area (Å²) in [5.41, 5.74) is 1.67. The van der Waals surface area contributed by atoms with E-state index in [-0.39, 0.29) is 5.91 Å². The Bertz CT molecular complexity index is 435. The average molecular weight is 278 g/mol. The minimum Gasteiger partial charge on any atom is -0.351 e. The van der Waals surface area contributed by atoms with Gasteiger partial charge in [-0.05, 0) is 57.7 Å². The minimum absolute atomic E-state index is 0.00261. The second-order valence-corrected chi connectivity index (χ2v) is 5.45. The summed E-state index contributed by atoms with van der Waals surface area (Å²) in [6, 6.07) is 1.90. The molecule has 1 aromatic rings. The monoisotopic (exact) mass is 278 g/mol. The van der Waals surface area contributed by atoms with Crippen molar-refractivity contribution in [1.29, 1.82) is 0 Å². The molecule has 20 heavy (non-hydrogen) atoms. The van der Waals surface area contributed by atoms with Gasteiger partial charge in [0.1, 0.15) is 5.69 Å². The van der Waals surface area contributed by atoms with Gasteiger partial charge in [-0.2, -0.15) is 5.10 Å². The van der Waals surface area contributed by atoms with Crippen LogP contribution in [0.2, 0.25) is 0 Å². The van der Waals surface area contributed by atoms with Crippen LogP contribution in [0, 0.1) is 5.92 Å². The van der Waals surface area contributed by atoms with E-state index in [1.54, 1.807) is 4.68 Å². The van der Waals surface area contributed by atoms with Gasteiger partial charge in [-0.3, -0.25) is 9.48 Å². The van der Waals surface area contributed by atoms with Crippen LogP contribution in [0.4, 0.5) is 0 Å². The summed E-state index contributed by atoms with van der Waals surface area (Å²) in [6.45, 7) is 7.77. The van der Waals surface area contributed by atoms with Gasteiger partial charge in [0.15, 0.2) is 0 Å². The lowest BCUT2D eigenvalue weighted by molar-refractivity contribution is 0.0940. The zero-order valence-electron chi connectivity index (χ0n) is 12.6. The summed E-state index contributed by atoms with van der Waals surface area (Å²) in [6.07, 6.45) is 4.44. The van der Waals surface area contributed by atoms with Crippen LogP contribution in [0.15, 0.2) is 6.07 Å². The predicted octanol–water partition coefficient (Wildman–Crippen LogP) is 1.58. The van der Waals surface area contributed by atoms with E-state index in [4.69, 9.17) is 0 Å². The Morgan fingerprint density at radius 1 is 1.55 bits per heavy atom. The van der Waals surface area contributed by atoms with Crippen LogP contribution in [-0.4, -0.2) is 35.3 Å². The number of carbonyl (C=O) groups is 1. The summed E-state index contributed by atoms with van der Waals surface area (Å²) in [5, 5.41) is 10.8. The van der Waals surface area contributed by atoms with Crippen LogP contribution >= 0.6 is 0 Å². The molecule has 0 spiro atoms. The van der Waals surface area contributed by atoms with Crippen molar-refractivity contribution in [2.24, 2.45) is 5.92 Å². The Morgan fingerprint density at radius 3 is 3.05 bits per heavy atom. The van der Waals surface area contributed by atoms with Crippen molar-refractivity contribution in [3.63, 3.8) is 0 Å². The molecule has 1 atom stereocenters. The summed E-state index contributed by atoms with van der Waals surface area (Å²) in [7, 11) is 0. The number of amides is 1. The van der Waals surface area contributed by atoms with E-state index in [1.165, 1.54) is 12.8 Å². The molecule has 1 aromatic heterocycles. The van der Waals surface area contributed by atoms with E-state index in [0.717, 1.165) is 44.7 Å². The first-order valence-corrected chi connectivity index (χ1v) is 7.80. The fourth-order valence-corrected chi connectivity index (χ4v) is 2.72. The maximum atomic E-state index is 12.2. The van der Waals surface area contributed by atoms with E-state index in [9.17, 15) is 4.79 Å². The molecule has 0 aliphatic carbocycles. The maximum Gasteiger partial charge on any atom is 0.269 e. The predicted molar refractivity (Wildman–Crippen MR) is 79.8 cm³/mol. The van der Waals surface area contributed by atoms with Crippen molar-refractivity contribution in [2.75, 3.05) is 19.6 Å². The molecular weight excluding hydrogens is 252 g/mol. The largest absolute Gasteiger partial charge is 0.351 e. The maximum absolute atomic E-state index is 12.2. The Kier molecular flexibility index (Phi) is 5.59. The molecule has 1 aliphatic heterocycles. The molecule has 5 nitrogen and oxygen atoms in total. The highest BCUT2D eigenvalue weighted by Crippen LogP contribution is 2.13. The van der Waals surface area contributed by atoms with Gasteiger partial charge >= 0.3 is 0 Å². The molecule has 0 bridgehead atoms. The lowest BCUT2D eigenvalue weighted by Crippen LogP contribution is -2.33. The van der Waals surface area contributed by atoms with Crippen molar-refractivity contribution in [3.8, 4) is 0 Å². The fourth-order valence-electron chi connectivity index (χ4n) is 2.72. The summed E-state index contributed by atoms with van der Waals surface area (Å²) in [5.74, 6) is 0.703. The third kappa shape index (κ3) is 3.82. The second-order valence-electron chi connectivity index (χ2n) is 5.45. The van der Waals surface area contributed by atoms with E-state index >= 15 is 0 Å². The van der Waals surface area contributed by atoms with Crippen LogP contribution in [0.3, 0.4) is 0 Å². The number of piperidine rings is 1. The lowest BCUT2D eigenvalue weighted by Gasteiger charge is -2.22. The number of aryl methyl sites for hydroxylation is 2. The molecule has 0 radical (unpaired) electrons. The van der Waals surface area contributed by atoms with Gasteiger partial charge in [0.2, 0.25) is 0 Å². The number of hydrogen-bond donors (Lipinski definition) is 2. The van der Waals surface area contributed by atoms with E-state index < -0.39 is 0 Å². The molecule has 1 fully saturated rings. The molecule has 2 rings (SSSR count). The number of aromatic nitrogens is 2. The van der Waals surface area contributed by atoms with Crippen LogP contribution in [0.5, 0.6) is 0 Å². The van der Waals surface area contributed by atoms with Crippen molar-refractivity contribution in [1.82, 2.24) is 20.4 Å². The first-order chi connectivity index (χ1) is 9.74. The summed E-state index contributed by atoms with van der Waals surface area (Å²) >= 11 is 0. The SMILES string of the molecule is CCc1cc(C(=O)NCCC2CCCNC2)n(CC)n1. The Morgan fingerprint density at radius 2 is 2.40 bits per heavy atom. The van der Waals surface area contributed by atoms with Gasteiger partial charge in [-0.1, -0.05) is 6.92 Å². The van der Waals surface area contributed by atoms with E-state index in [2.05, 4.69) is 22.7 Å². The quantitative estimate of drug-likeness (QED) is 0.830. The highest BCUT2D eigenvalue weighted by atomic mass is 16.2. The standard InChI is InChI=1S/C15H26N4O/c1-3-13-10-14(19(4-2)18-13)15(20)17-9-7-12-6-5-8-16-11-12/h10,12,16H,3-9,11H2,1-2H3,(H,17,20). The van der Waals surface area contributed by atoms with Crippen LogP contribution < -0.4 is 10.6 Å². The van der Waals surface area contributed by atoms with Crippen molar-refractivity contribution >= 4 is 5.91 Å². The lowest BCUT2D eigenvalue weighted by atomic mass is 9.96. The first kappa shape index (κ1) is 15.0. The molecule has 0 aromatic carbocycles. The normalized spacial score (nSPS) is 19.0. The Hall–Kier alpha value is -1.36. The molecule has 1 saturated heterocycles. The van der Waals surface area contributed by atoms with Crippen LogP contribution in [-0.2, 0) is 13.0 Å². The van der Waals surface area contributed by atoms with Crippen molar-refractivity contribution in [3.05, 3.63) is 17.5 Å². The van der Waals surface area contributed by atoms with Gasteiger partial charge in [0, 0.05) is 13.1 Å². The van der Waals surface area contributed by atoms with Crippen LogP contribution in [0.1, 0.15) is 49.3 Å². The average Bonchev–Trinajstić information content (AvgIpc) is 2.91. The zero-order chi connectivity index (χ0) is 14.4. The second kappa shape index (κ2) is 7.43. The highest BCUT2D eigenvalue weighted by Gasteiger charge is 2.16. The number of nitrogens with zero attached hydrogens (tertiary/aromatic N) is 2. The van der Waals surface area contributed by atoms with Gasteiger partial charge in [0.05, 0.1) is 5.69 Å². The Balaban J connectivity index is 1.83. The number of carbonyl (C=O) groups excluding carboxylic acids is 1. The van der Waals surface area contributed by atoms with E-state index in [1.807, 2.05) is 13.0 Å². The van der Waals surface area contributed by atoms with Gasteiger partial charge in [-0.25, -0.2) is 0 Å². The molecule has 1 unspecified atom stereocenters. The molecule has 1 aliphatic rings. The molecule has 2 heterocycles. The fraction of sp³-hybridized carbons (Fsp3) is 0.733. The highest BCUT2D eigenvalue weighted by molar-refractivity contribution is 5.92. The molecule has 5 heteroatoms. The number of rotatable bonds is 6. The van der Waals surface area contributed by atoms with E-state index in [0.29, 0.717) is 11.6 Å². The van der Waals surface area contributed by atoms with Gasteiger partial charge in [-0.15, -0.1) is 0 Å².